The highest BCUT2D eigenvalue weighted by atomic mass is 16.4. The molecule has 3 aromatic heterocycles. The number of rotatable bonds is 4. The molecule has 6 rings (SSSR count). The second-order valence-corrected chi connectivity index (χ2v) is 9.00. The number of nitrogens with zero attached hydrogens (tertiary/aromatic N) is 3. The minimum absolute atomic E-state index is 0.0890. The number of likely N-dealkylation sites (tertiary alicyclic amines) is 1. The van der Waals surface area contributed by atoms with E-state index in [0.29, 0.717) is 22.3 Å². The van der Waals surface area contributed by atoms with Crippen LogP contribution in [0.2, 0.25) is 0 Å². The van der Waals surface area contributed by atoms with Gasteiger partial charge in [-0.25, -0.2) is 14.6 Å². The van der Waals surface area contributed by atoms with Crippen LogP contribution in [-0.4, -0.2) is 49.3 Å². The summed E-state index contributed by atoms with van der Waals surface area (Å²) in [6.07, 6.45) is 8.97. The Kier molecular flexibility index (Phi) is 4.94. The number of oxazole rings is 1. The van der Waals surface area contributed by atoms with Crippen molar-refractivity contribution >= 4 is 28.0 Å². The highest BCUT2D eigenvalue weighted by Crippen LogP contribution is 2.28. The fourth-order valence-corrected chi connectivity index (χ4v) is 5.12. The molecule has 178 valence electrons. The second kappa shape index (κ2) is 8.15. The molecule has 10 heteroatoms. The first-order chi connectivity index (χ1) is 17.0. The Labute approximate surface area is 199 Å². The van der Waals surface area contributed by atoms with E-state index in [9.17, 15) is 14.4 Å². The molecule has 1 saturated heterocycles. The number of pyridine rings is 1. The van der Waals surface area contributed by atoms with Crippen molar-refractivity contribution in [1.29, 1.82) is 0 Å². The maximum Gasteiger partial charge on any atom is 0.417 e. The summed E-state index contributed by atoms with van der Waals surface area (Å²) >= 11 is 0. The van der Waals surface area contributed by atoms with Crippen molar-refractivity contribution in [2.45, 2.75) is 31.8 Å². The van der Waals surface area contributed by atoms with E-state index in [1.165, 1.54) is 0 Å². The molecule has 1 atom stereocenters. The zero-order valence-electron chi connectivity index (χ0n) is 19.1. The lowest BCUT2D eigenvalue weighted by Gasteiger charge is -2.36. The van der Waals surface area contributed by atoms with E-state index < -0.39 is 11.8 Å². The quantitative estimate of drug-likeness (QED) is 0.389. The second-order valence-electron chi connectivity index (χ2n) is 9.00. The van der Waals surface area contributed by atoms with Gasteiger partial charge in [-0.15, -0.1) is 0 Å². The number of ketones is 1. The molecule has 0 radical (unpaired) electrons. The third kappa shape index (κ3) is 3.67. The Balaban J connectivity index is 1.20. The average Bonchev–Trinajstić information content (AvgIpc) is 3.42. The summed E-state index contributed by atoms with van der Waals surface area (Å²) in [5.74, 6) is -0.642. The van der Waals surface area contributed by atoms with E-state index in [2.05, 4.69) is 25.2 Å². The van der Waals surface area contributed by atoms with Gasteiger partial charge in [-0.1, -0.05) is 0 Å². The molecule has 10 nitrogen and oxygen atoms in total. The number of fused-ring (bicyclic) bond motifs is 2. The van der Waals surface area contributed by atoms with Crippen molar-refractivity contribution in [3.05, 3.63) is 86.7 Å². The molecule has 2 aliphatic heterocycles. The Bertz CT molecular complexity index is 1630. The molecule has 1 fully saturated rings. The van der Waals surface area contributed by atoms with Gasteiger partial charge in [-0.2, -0.15) is 0 Å². The van der Waals surface area contributed by atoms with E-state index in [0.717, 1.165) is 42.7 Å². The van der Waals surface area contributed by atoms with Gasteiger partial charge in [0, 0.05) is 36.6 Å². The first-order valence-corrected chi connectivity index (χ1v) is 11.6. The minimum Gasteiger partial charge on any atom is -0.408 e. The van der Waals surface area contributed by atoms with E-state index in [1.807, 2.05) is 35.8 Å². The summed E-state index contributed by atoms with van der Waals surface area (Å²) in [5, 5.41) is 3.13. The molecule has 3 N–H and O–H groups in total. The fraction of sp³-hybridized carbons (Fsp3) is 0.280. The van der Waals surface area contributed by atoms with Crippen molar-refractivity contribution in [2.75, 3.05) is 13.1 Å². The van der Waals surface area contributed by atoms with Crippen LogP contribution in [0.25, 0.3) is 22.3 Å². The number of hydrogen-bond donors (Lipinski definition) is 3. The van der Waals surface area contributed by atoms with Crippen LogP contribution < -0.4 is 16.8 Å². The van der Waals surface area contributed by atoms with Crippen LogP contribution in [0.5, 0.6) is 0 Å². The summed E-state index contributed by atoms with van der Waals surface area (Å²) < 4.78 is 6.98. The van der Waals surface area contributed by atoms with Crippen LogP contribution in [-0.2, 0) is 0 Å². The summed E-state index contributed by atoms with van der Waals surface area (Å²) in [6.45, 7) is 3.36. The van der Waals surface area contributed by atoms with Gasteiger partial charge in [0.25, 0.3) is 0 Å². The molecule has 0 amide bonds. The number of aryl methyl sites for hydroxylation is 1. The molecular weight excluding hydrogens is 448 g/mol. The molecule has 4 aromatic rings. The molecule has 0 bridgehead atoms. The van der Waals surface area contributed by atoms with Crippen LogP contribution >= 0.6 is 0 Å². The van der Waals surface area contributed by atoms with Crippen LogP contribution in [0, 0.1) is 6.92 Å². The number of benzene rings is 1. The van der Waals surface area contributed by atoms with Crippen molar-refractivity contribution in [3.8, 4) is 0 Å². The Hall–Kier alpha value is -4.34. The normalized spacial score (nSPS) is 18.7. The maximum atomic E-state index is 13.3. The highest BCUT2D eigenvalue weighted by molar-refractivity contribution is 6.04. The summed E-state index contributed by atoms with van der Waals surface area (Å²) in [4.78, 5) is 49.3. The molecule has 0 aliphatic carbocycles. The van der Waals surface area contributed by atoms with Crippen LogP contribution in [0.4, 0.5) is 0 Å². The minimum atomic E-state index is -0.539. The van der Waals surface area contributed by atoms with E-state index in [1.54, 1.807) is 24.5 Å². The lowest BCUT2D eigenvalue weighted by atomic mass is 9.98. The van der Waals surface area contributed by atoms with Crippen LogP contribution in [0.1, 0.15) is 34.8 Å². The van der Waals surface area contributed by atoms with Crippen LogP contribution in [0.3, 0.4) is 0 Å². The van der Waals surface area contributed by atoms with Gasteiger partial charge in [0.2, 0.25) is 0 Å². The Morgan fingerprint density at radius 3 is 2.83 bits per heavy atom. The van der Waals surface area contributed by atoms with Crippen molar-refractivity contribution < 1.29 is 9.21 Å². The zero-order chi connectivity index (χ0) is 24.1. The fourth-order valence-electron chi connectivity index (χ4n) is 5.12. The number of hydrogen-bond acceptors (Lipinski definition) is 7. The van der Waals surface area contributed by atoms with E-state index in [4.69, 9.17) is 4.42 Å². The number of aromatic amines is 2. The van der Waals surface area contributed by atoms with Crippen molar-refractivity contribution in [2.24, 2.45) is 0 Å². The lowest BCUT2D eigenvalue weighted by molar-refractivity contribution is 0.0966. The number of nitrogens with one attached hydrogen (secondary N) is 3. The maximum absolute atomic E-state index is 13.3. The molecule has 2 aliphatic rings. The van der Waals surface area contributed by atoms with E-state index in [-0.39, 0.29) is 17.5 Å². The molecule has 1 unspecified atom stereocenters. The molecule has 1 aromatic carbocycles. The number of piperidine rings is 1. The topological polar surface area (TPSA) is 129 Å². The standard InChI is InChI=1S/C25H24N6O4/c1-14-11-15(12-20-21(14)28-25(34)35-20)22(32)18-13-17(4-8-26-18)30-9-5-16(6-10-30)31-19-3-2-7-27-23(19)29-24(31)33/h2-4,7-8,11-13,16,18,26H,5-6,9-10H2,1H3,(H,28,34)(H,27,29,33). The van der Waals surface area contributed by atoms with Gasteiger partial charge in [0.1, 0.15) is 6.04 Å². The molecular formula is C25H24N6O4. The summed E-state index contributed by atoms with van der Waals surface area (Å²) in [5.41, 5.74) is 4.51. The lowest BCUT2D eigenvalue weighted by Crippen LogP contribution is -2.39. The predicted octanol–water partition coefficient (Wildman–Crippen LogP) is 2.36. The predicted molar refractivity (Wildman–Crippen MR) is 130 cm³/mol. The first-order valence-electron chi connectivity index (χ1n) is 11.6. The number of Topliss-reactive ketones (excluding diaryl/α,β-unsaturated/α-hetero) is 1. The smallest absolute Gasteiger partial charge is 0.408 e. The zero-order valence-corrected chi connectivity index (χ0v) is 19.1. The SMILES string of the molecule is Cc1cc(C(=O)C2C=C(N3CCC(n4c(=O)[nH]c5ncccc54)CC3)C=CN2)cc2oc(=O)[nH]c12. The number of aromatic nitrogens is 4. The van der Waals surface area contributed by atoms with Gasteiger partial charge in [-0.3, -0.25) is 19.3 Å². The number of H-pyrrole nitrogens is 2. The van der Waals surface area contributed by atoms with E-state index >= 15 is 0 Å². The van der Waals surface area contributed by atoms with Crippen LogP contribution in [0.15, 0.2) is 68.5 Å². The third-order valence-electron chi connectivity index (χ3n) is 6.85. The Morgan fingerprint density at radius 2 is 2.00 bits per heavy atom. The largest absolute Gasteiger partial charge is 0.417 e. The monoisotopic (exact) mass is 472 g/mol. The first kappa shape index (κ1) is 21.2. The summed E-state index contributed by atoms with van der Waals surface area (Å²) in [7, 11) is 0. The van der Waals surface area contributed by atoms with Gasteiger partial charge < -0.3 is 14.6 Å². The Morgan fingerprint density at radius 1 is 1.17 bits per heavy atom. The number of allylic oxidation sites excluding steroid dienone is 1. The molecule has 5 heterocycles. The molecule has 0 spiro atoms. The number of dihydropyridines is 1. The van der Waals surface area contributed by atoms with Crippen molar-refractivity contribution in [1.82, 2.24) is 29.7 Å². The number of carbonyl (C=O) groups is 1. The van der Waals surface area contributed by atoms with Gasteiger partial charge in [0.15, 0.2) is 17.0 Å². The van der Waals surface area contributed by atoms with Gasteiger partial charge in [0.05, 0.1) is 11.0 Å². The van der Waals surface area contributed by atoms with Crippen molar-refractivity contribution in [3.63, 3.8) is 0 Å². The highest BCUT2D eigenvalue weighted by Gasteiger charge is 2.27. The molecule has 0 saturated carbocycles. The summed E-state index contributed by atoms with van der Waals surface area (Å²) in [6, 6.07) is 6.69. The third-order valence-corrected chi connectivity index (χ3v) is 6.85. The van der Waals surface area contributed by atoms with Gasteiger partial charge in [-0.05, 0) is 67.9 Å². The molecule has 35 heavy (non-hydrogen) atoms. The van der Waals surface area contributed by atoms with Gasteiger partial charge >= 0.3 is 11.4 Å². The number of carbonyl (C=O) groups excluding carboxylic acids is 1. The average molecular weight is 473 g/mol. The number of imidazole rings is 1.